The number of hydrogen-bond acceptors (Lipinski definition) is 4. The Hall–Kier alpha value is -1.57. The van der Waals surface area contributed by atoms with Gasteiger partial charge in [0.1, 0.15) is 0 Å². The molecule has 0 aromatic heterocycles. The molecule has 130 valence electrons. The van der Waals surface area contributed by atoms with Crippen LogP contribution in [-0.2, 0) is 9.31 Å². The third-order valence-corrected chi connectivity index (χ3v) is 4.88. The van der Waals surface area contributed by atoms with E-state index < -0.39 is 7.12 Å². The van der Waals surface area contributed by atoms with Crippen LogP contribution in [0.2, 0.25) is 0 Å². The lowest BCUT2D eigenvalue weighted by molar-refractivity contribution is 0.0842. The van der Waals surface area contributed by atoms with E-state index in [-0.39, 0.29) is 23.8 Å². The van der Waals surface area contributed by atoms with Gasteiger partial charge in [0.05, 0.1) is 17.8 Å². The molecule has 0 radical (unpaired) electrons. The van der Waals surface area contributed by atoms with Crippen molar-refractivity contribution in [1.29, 1.82) is 0 Å². The van der Waals surface area contributed by atoms with Gasteiger partial charge in [-0.2, -0.15) is 0 Å². The standard InChI is InChI=1S/C17H25BN2O4/c1-12-17(2,3)24-18(23-12)13-5-4-6-14(11-13)19-16(22)20-9-7-15(21)8-10-20/h4-6,11-12,15,21H,7-10H2,1-3H3,(H,19,22)/t12-/m0/s1. The maximum Gasteiger partial charge on any atom is 0.494 e. The van der Waals surface area contributed by atoms with Crippen LogP contribution in [0.25, 0.3) is 0 Å². The van der Waals surface area contributed by atoms with Gasteiger partial charge in [0, 0.05) is 18.8 Å². The van der Waals surface area contributed by atoms with Crippen LogP contribution in [0, 0.1) is 0 Å². The van der Waals surface area contributed by atoms with Crippen molar-refractivity contribution in [3.05, 3.63) is 24.3 Å². The zero-order valence-corrected chi connectivity index (χ0v) is 14.5. The third-order valence-electron chi connectivity index (χ3n) is 4.88. The molecule has 24 heavy (non-hydrogen) atoms. The molecule has 2 fully saturated rings. The molecule has 0 unspecified atom stereocenters. The zero-order valence-electron chi connectivity index (χ0n) is 14.5. The van der Waals surface area contributed by atoms with Crippen molar-refractivity contribution in [1.82, 2.24) is 4.90 Å². The van der Waals surface area contributed by atoms with Gasteiger partial charge in [-0.3, -0.25) is 0 Å². The molecule has 2 saturated heterocycles. The van der Waals surface area contributed by atoms with Crippen LogP contribution < -0.4 is 10.8 Å². The molecule has 2 heterocycles. The van der Waals surface area contributed by atoms with Crippen LogP contribution in [0.15, 0.2) is 24.3 Å². The predicted molar refractivity (Wildman–Crippen MR) is 93.4 cm³/mol. The molecule has 0 spiro atoms. The Kier molecular flexibility index (Phi) is 4.85. The summed E-state index contributed by atoms with van der Waals surface area (Å²) < 4.78 is 11.8. The van der Waals surface area contributed by atoms with E-state index in [4.69, 9.17) is 9.31 Å². The summed E-state index contributed by atoms with van der Waals surface area (Å²) in [5.74, 6) is 0. The fourth-order valence-electron chi connectivity index (χ4n) is 2.93. The van der Waals surface area contributed by atoms with Crippen LogP contribution in [-0.4, -0.2) is 54.1 Å². The second-order valence-corrected chi connectivity index (χ2v) is 7.11. The Balaban J connectivity index is 1.64. The largest absolute Gasteiger partial charge is 0.494 e. The van der Waals surface area contributed by atoms with Crippen molar-refractivity contribution in [3.8, 4) is 0 Å². The lowest BCUT2D eigenvalue weighted by atomic mass is 9.79. The number of likely N-dealkylation sites (tertiary alicyclic amines) is 1. The van der Waals surface area contributed by atoms with Gasteiger partial charge in [0.25, 0.3) is 0 Å². The van der Waals surface area contributed by atoms with E-state index in [1.54, 1.807) is 4.90 Å². The molecule has 1 aromatic rings. The van der Waals surface area contributed by atoms with E-state index in [0.717, 1.165) is 5.46 Å². The van der Waals surface area contributed by atoms with Crippen LogP contribution >= 0.6 is 0 Å². The maximum atomic E-state index is 12.3. The number of piperidine rings is 1. The highest BCUT2D eigenvalue weighted by atomic mass is 16.7. The Morgan fingerprint density at radius 2 is 2.08 bits per heavy atom. The first-order valence-corrected chi connectivity index (χ1v) is 8.52. The van der Waals surface area contributed by atoms with E-state index in [9.17, 15) is 9.90 Å². The first-order chi connectivity index (χ1) is 11.3. The number of rotatable bonds is 2. The Morgan fingerprint density at radius 1 is 1.38 bits per heavy atom. The SMILES string of the molecule is C[C@@H]1OB(c2cccc(NC(=O)N3CCC(O)CC3)c2)OC1(C)C. The minimum atomic E-state index is -0.419. The summed E-state index contributed by atoms with van der Waals surface area (Å²) in [5, 5.41) is 12.5. The van der Waals surface area contributed by atoms with Crippen molar-refractivity contribution in [2.24, 2.45) is 0 Å². The smallest absolute Gasteiger partial charge is 0.402 e. The highest BCUT2D eigenvalue weighted by molar-refractivity contribution is 6.62. The number of hydrogen-bond donors (Lipinski definition) is 2. The number of anilines is 1. The molecule has 3 rings (SSSR count). The van der Waals surface area contributed by atoms with Crippen molar-refractivity contribution in [2.75, 3.05) is 18.4 Å². The molecule has 0 saturated carbocycles. The first kappa shape index (κ1) is 17.3. The average Bonchev–Trinajstić information content (AvgIpc) is 2.82. The molecule has 2 N–H and O–H groups in total. The molecule has 1 atom stereocenters. The van der Waals surface area contributed by atoms with Crippen LogP contribution in [0.3, 0.4) is 0 Å². The highest BCUT2D eigenvalue weighted by Crippen LogP contribution is 2.27. The number of amides is 2. The number of nitrogens with zero attached hydrogens (tertiary/aromatic N) is 1. The van der Waals surface area contributed by atoms with Gasteiger partial charge in [0.15, 0.2) is 0 Å². The minimum absolute atomic E-state index is 0.000486. The average molecular weight is 332 g/mol. The van der Waals surface area contributed by atoms with Gasteiger partial charge in [-0.1, -0.05) is 12.1 Å². The molecule has 0 aliphatic carbocycles. The molecule has 6 nitrogen and oxygen atoms in total. The number of aliphatic hydroxyl groups excluding tert-OH is 1. The van der Waals surface area contributed by atoms with E-state index >= 15 is 0 Å². The number of carbonyl (C=O) groups excluding carboxylic acids is 1. The second-order valence-electron chi connectivity index (χ2n) is 7.11. The summed E-state index contributed by atoms with van der Waals surface area (Å²) in [4.78, 5) is 14.1. The van der Waals surface area contributed by atoms with E-state index in [0.29, 0.717) is 31.6 Å². The van der Waals surface area contributed by atoms with Gasteiger partial charge in [-0.25, -0.2) is 4.79 Å². The van der Waals surface area contributed by atoms with E-state index in [1.165, 1.54) is 0 Å². The van der Waals surface area contributed by atoms with Gasteiger partial charge in [-0.15, -0.1) is 0 Å². The number of nitrogens with one attached hydrogen (secondary N) is 1. The van der Waals surface area contributed by atoms with E-state index in [1.807, 2.05) is 45.0 Å². The van der Waals surface area contributed by atoms with Crippen molar-refractivity contribution >= 4 is 24.3 Å². The predicted octanol–water partition coefficient (Wildman–Crippen LogP) is 1.58. The molecule has 0 bridgehead atoms. The zero-order chi connectivity index (χ0) is 17.3. The first-order valence-electron chi connectivity index (χ1n) is 8.52. The number of urea groups is 1. The highest BCUT2D eigenvalue weighted by Gasteiger charge is 2.43. The summed E-state index contributed by atoms with van der Waals surface area (Å²) in [7, 11) is -0.419. The lowest BCUT2D eigenvalue weighted by Crippen LogP contribution is -2.42. The molecule has 2 aliphatic rings. The maximum absolute atomic E-state index is 12.3. The number of carbonyl (C=O) groups is 1. The third kappa shape index (κ3) is 3.74. The summed E-state index contributed by atoms with van der Waals surface area (Å²) in [6.07, 6.45) is 0.967. The topological polar surface area (TPSA) is 71.0 Å². The quantitative estimate of drug-likeness (QED) is 0.807. The van der Waals surface area contributed by atoms with Gasteiger partial charge >= 0.3 is 13.1 Å². The Labute approximate surface area is 143 Å². The minimum Gasteiger partial charge on any atom is -0.402 e. The van der Waals surface area contributed by atoms with Crippen LogP contribution in [0.1, 0.15) is 33.6 Å². The number of benzene rings is 1. The van der Waals surface area contributed by atoms with Gasteiger partial charge < -0.3 is 24.6 Å². The van der Waals surface area contributed by atoms with Crippen LogP contribution in [0.5, 0.6) is 0 Å². The second kappa shape index (κ2) is 6.74. The molecule has 2 amide bonds. The lowest BCUT2D eigenvalue weighted by Gasteiger charge is -2.29. The molecular formula is C17H25BN2O4. The van der Waals surface area contributed by atoms with E-state index in [2.05, 4.69) is 5.32 Å². The van der Waals surface area contributed by atoms with Crippen LogP contribution in [0.4, 0.5) is 10.5 Å². The summed E-state index contributed by atoms with van der Waals surface area (Å²) in [6.45, 7) is 7.17. The molecule has 7 heteroatoms. The van der Waals surface area contributed by atoms with Crippen molar-refractivity contribution in [3.63, 3.8) is 0 Å². The monoisotopic (exact) mass is 332 g/mol. The summed E-state index contributed by atoms with van der Waals surface area (Å²) >= 11 is 0. The van der Waals surface area contributed by atoms with Crippen molar-refractivity contribution in [2.45, 2.75) is 51.4 Å². The Morgan fingerprint density at radius 3 is 2.71 bits per heavy atom. The van der Waals surface area contributed by atoms with Crippen molar-refractivity contribution < 1.29 is 19.2 Å². The normalized spacial score (nSPS) is 24.2. The Bertz CT molecular complexity index is 602. The summed E-state index contributed by atoms with van der Waals surface area (Å²) in [5.41, 5.74) is 1.27. The van der Waals surface area contributed by atoms with Gasteiger partial charge in [0.2, 0.25) is 0 Å². The van der Waals surface area contributed by atoms with Gasteiger partial charge in [-0.05, 0) is 51.2 Å². The summed E-state index contributed by atoms with van der Waals surface area (Å²) in [6, 6.07) is 7.42. The number of aliphatic hydroxyl groups is 1. The molecule has 2 aliphatic heterocycles. The fraction of sp³-hybridized carbons (Fsp3) is 0.588. The molecule has 1 aromatic carbocycles. The molecular weight excluding hydrogens is 307 g/mol. The fourth-order valence-corrected chi connectivity index (χ4v) is 2.93.